The molecule has 0 aromatic heterocycles. The van der Waals surface area contributed by atoms with Crippen LogP contribution >= 0.6 is 0 Å². The Bertz CT molecular complexity index is 1270. The van der Waals surface area contributed by atoms with E-state index in [0.717, 1.165) is 16.9 Å². The van der Waals surface area contributed by atoms with Gasteiger partial charge in [0.25, 0.3) is 0 Å². The van der Waals surface area contributed by atoms with Gasteiger partial charge in [-0.15, -0.1) is 0 Å². The number of carbonyl (C=O) groups excluding carboxylic acids is 1. The zero-order valence-corrected chi connectivity index (χ0v) is 24.0. The second-order valence-corrected chi connectivity index (χ2v) is 11.7. The molecular weight excluding hydrogens is 528 g/mol. The Balaban J connectivity index is 1.68. The van der Waals surface area contributed by atoms with Crippen molar-refractivity contribution in [1.82, 2.24) is 10.6 Å². The third-order valence-corrected chi connectivity index (χ3v) is 8.24. The SMILES string of the molecule is CCCOC(CCS(=O)(=O)c1ccccc1)C(=O)NC(Cc1ccccc1)C(O)CNCc1cccc(OC)c1. The normalized spacial score (nSPS) is 13.8. The Morgan fingerprint density at radius 2 is 1.62 bits per heavy atom. The number of aliphatic hydroxyl groups is 1. The lowest BCUT2D eigenvalue weighted by molar-refractivity contribution is -0.134. The highest BCUT2D eigenvalue weighted by Crippen LogP contribution is 2.15. The molecule has 8 nitrogen and oxygen atoms in total. The maximum absolute atomic E-state index is 13.4. The Morgan fingerprint density at radius 1 is 0.950 bits per heavy atom. The summed E-state index contributed by atoms with van der Waals surface area (Å²) in [5, 5.41) is 17.3. The van der Waals surface area contributed by atoms with Crippen LogP contribution in [0.15, 0.2) is 89.8 Å². The van der Waals surface area contributed by atoms with Gasteiger partial charge in [0, 0.05) is 19.7 Å². The van der Waals surface area contributed by atoms with Gasteiger partial charge in [0.1, 0.15) is 11.9 Å². The summed E-state index contributed by atoms with van der Waals surface area (Å²) in [5.41, 5.74) is 1.96. The van der Waals surface area contributed by atoms with Crippen molar-refractivity contribution in [2.24, 2.45) is 0 Å². The van der Waals surface area contributed by atoms with Crippen LogP contribution in [0.4, 0.5) is 0 Å². The van der Waals surface area contributed by atoms with Gasteiger partial charge < -0.3 is 25.2 Å². The van der Waals surface area contributed by atoms with Crippen molar-refractivity contribution in [3.05, 3.63) is 96.1 Å². The molecule has 216 valence electrons. The molecule has 3 N–H and O–H groups in total. The van der Waals surface area contributed by atoms with Gasteiger partial charge >= 0.3 is 0 Å². The predicted octanol–water partition coefficient (Wildman–Crippen LogP) is 3.53. The van der Waals surface area contributed by atoms with Crippen molar-refractivity contribution >= 4 is 15.7 Å². The Hall–Kier alpha value is -3.24. The molecule has 3 aromatic carbocycles. The van der Waals surface area contributed by atoms with Crippen LogP contribution in [0.1, 0.15) is 30.9 Å². The number of aliphatic hydroxyl groups excluding tert-OH is 1. The third-order valence-electron chi connectivity index (χ3n) is 6.47. The van der Waals surface area contributed by atoms with Gasteiger partial charge in [0.05, 0.1) is 29.9 Å². The second-order valence-electron chi connectivity index (χ2n) is 9.63. The minimum absolute atomic E-state index is 0.00526. The van der Waals surface area contributed by atoms with Crippen molar-refractivity contribution in [1.29, 1.82) is 0 Å². The quantitative estimate of drug-likeness (QED) is 0.228. The first-order valence-electron chi connectivity index (χ1n) is 13.6. The van der Waals surface area contributed by atoms with E-state index in [0.29, 0.717) is 26.0 Å². The number of ether oxygens (including phenoxy) is 2. The molecule has 0 saturated heterocycles. The summed E-state index contributed by atoms with van der Waals surface area (Å²) in [6.07, 6.45) is -0.786. The monoisotopic (exact) mass is 568 g/mol. The first kappa shape index (κ1) is 31.3. The topological polar surface area (TPSA) is 114 Å². The van der Waals surface area contributed by atoms with Crippen molar-refractivity contribution in [3.63, 3.8) is 0 Å². The number of hydrogen-bond donors (Lipinski definition) is 3. The fraction of sp³-hybridized carbons (Fsp3) is 0.387. The minimum Gasteiger partial charge on any atom is -0.497 e. The summed E-state index contributed by atoms with van der Waals surface area (Å²) < 4.78 is 36.7. The molecule has 3 unspecified atom stereocenters. The number of benzene rings is 3. The summed E-state index contributed by atoms with van der Waals surface area (Å²) in [7, 11) is -1.97. The highest BCUT2D eigenvalue weighted by molar-refractivity contribution is 7.91. The molecule has 0 saturated carbocycles. The first-order chi connectivity index (χ1) is 19.3. The van der Waals surface area contributed by atoms with Crippen LogP contribution in [-0.4, -0.2) is 63.7 Å². The zero-order chi connectivity index (χ0) is 28.8. The highest BCUT2D eigenvalue weighted by Gasteiger charge is 2.28. The van der Waals surface area contributed by atoms with Gasteiger partial charge in [-0.2, -0.15) is 0 Å². The number of methoxy groups -OCH3 is 1. The Labute approximate surface area is 237 Å². The summed E-state index contributed by atoms with van der Waals surface area (Å²) >= 11 is 0. The molecule has 0 spiro atoms. The molecule has 3 atom stereocenters. The number of rotatable bonds is 17. The van der Waals surface area contributed by atoms with E-state index in [4.69, 9.17) is 9.47 Å². The van der Waals surface area contributed by atoms with Crippen LogP contribution in [0.2, 0.25) is 0 Å². The van der Waals surface area contributed by atoms with Gasteiger partial charge in [-0.3, -0.25) is 4.79 Å². The number of amides is 1. The third kappa shape index (κ3) is 10.1. The maximum Gasteiger partial charge on any atom is 0.249 e. The van der Waals surface area contributed by atoms with Gasteiger partial charge in [0.15, 0.2) is 9.84 Å². The molecule has 0 aliphatic rings. The van der Waals surface area contributed by atoms with Gasteiger partial charge in [-0.25, -0.2) is 8.42 Å². The van der Waals surface area contributed by atoms with Crippen molar-refractivity contribution in [2.75, 3.05) is 26.0 Å². The van der Waals surface area contributed by atoms with Crippen molar-refractivity contribution < 1.29 is 27.8 Å². The van der Waals surface area contributed by atoms with E-state index >= 15 is 0 Å². The molecule has 40 heavy (non-hydrogen) atoms. The average Bonchev–Trinajstić information content (AvgIpc) is 2.97. The highest BCUT2D eigenvalue weighted by atomic mass is 32.2. The standard InChI is InChI=1S/C31H40N2O6S/c1-3-18-39-30(17-19-40(36,37)27-15-8-5-9-16-27)31(35)33-28(21-24-11-6-4-7-12-24)29(34)23-32-22-25-13-10-14-26(20-25)38-2/h4-16,20,28-30,32,34H,3,17-19,21-23H2,1-2H3,(H,33,35). The van der Waals surface area contributed by atoms with Crippen LogP contribution in [0.25, 0.3) is 0 Å². The van der Waals surface area contributed by atoms with E-state index in [2.05, 4.69) is 10.6 Å². The summed E-state index contributed by atoms with van der Waals surface area (Å²) in [5.74, 6) is 0.0817. The lowest BCUT2D eigenvalue weighted by atomic mass is 10.0. The summed E-state index contributed by atoms with van der Waals surface area (Å²) in [6.45, 7) is 2.99. The van der Waals surface area contributed by atoms with Crippen molar-refractivity contribution in [2.45, 2.75) is 55.9 Å². The lowest BCUT2D eigenvalue weighted by Gasteiger charge is -2.27. The molecular formula is C31H40N2O6S. The van der Waals surface area contributed by atoms with Gasteiger partial charge in [-0.05, 0) is 54.7 Å². The van der Waals surface area contributed by atoms with E-state index < -0.39 is 34.0 Å². The minimum atomic E-state index is -3.58. The molecule has 0 aliphatic carbocycles. The number of nitrogens with one attached hydrogen (secondary N) is 2. The molecule has 3 rings (SSSR count). The molecule has 0 heterocycles. The second kappa shape index (κ2) is 16.1. The fourth-order valence-corrected chi connectivity index (χ4v) is 5.61. The lowest BCUT2D eigenvalue weighted by Crippen LogP contribution is -2.52. The zero-order valence-electron chi connectivity index (χ0n) is 23.2. The smallest absolute Gasteiger partial charge is 0.249 e. The summed E-state index contributed by atoms with van der Waals surface area (Å²) in [4.78, 5) is 13.6. The largest absolute Gasteiger partial charge is 0.497 e. The van der Waals surface area contributed by atoms with Crippen LogP contribution in [0, 0.1) is 0 Å². The molecule has 9 heteroatoms. The fourth-order valence-electron chi connectivity index (χ4n) is 4.27. The van der Waals surface area contributed by atoms with E-state index in [9.17, 15) is 18.3 Å². The van der Waals surface area contributed by atoms with Crippen LogP contribution in [-0.2, 0) is 32.3 Å². The van der Waals surface area contributed by atoms with Crippen molar-refractivity contribution in [3.8, 4) is 5.75 Å². The summed E-state index contributed by atoms with van der Waals surface area (Å²) in [6, 6.07) is 24.8. The van der Waals surface area contributed by atoms with Gasteiger partial charge in [0.2, 0.25) is 5.91 Å². The van der Waals surface area contributed by atoms with E-state index in [-0.39, 0.29) is 23.6 Å². The predicted molar refractivity (Wildman–Crippen MR) is 156 cm³/mol. The molecule has 0 radical (unpaired) electrons. The van der Waals surface area contributed by atoms with E-state index in [1.165, 1.54) is 0 Å². The van der Waals surface area contributed by atoms with E-state index in [1.54, 1.807) is 37.4 Å². The molecule has 0 bridgehead atoms. The molecule has 0 fully saturated rings. The average molecular weight is 569 g/mol. The number of carbonyl (C=O) groups is 1. The van der Waals surface area contributed by atoms with Crippen LogP contribution in [0.3, 0.4) is 0 Å². The first-order valence-corrected chi connectivity index (χ1v) is 15.2. The molecule has 3 aromatic rings. The molecule has 1 amide bonds. The van der Waals surface area contributed by atoms with Crippen LogP contribution < -0.4 is 15.4 Å². The molecule has 0 aliphatic heterocycles. The number of hydrogen-bond acceptors (Lipinski definition) is 7. The Morgan fingerprint density at radius 3 is 2.30 bits per heavy atom. The van der Waals surface area contributed by atoms with E-state index in [1.807, 2.05) is 61.5 Å². The van der Waals surface area contributed by atoms with Gasteiger partial charge in [-0.1, -0.05) is 67.6 Å². The maximum atomic E-state index is 13.4. The Kier molecular flexibility index (Phi) is 12.6. The number of sulfone groups is 1. The van der Waals surface area contributed by atoms with Crippen LogP contribution in [0.5, 0.6) is 5.75 Å².